The van der Waals surface area contributed by atoms with Crippen molar-refractivity contribution in [3.63, 3.8) is 0 Å². The van der Waals surface area contributed by atoms with Gasteiger partial charge in [-0.2, -0.15) is 12.7 Å². The van der Waals surface area contributed by atoms with Crippen molar-refractivity contribution in [2.24, 2.45) is 0 Å². The highest BCUT2D eigenvalue weighted by atomic mass is 32.2. The number of hydrogen-bond acceptors (Lipinski definition) is 11. The van der Waals surface area contributed by atoms with Crippen LogP contribution in [0, 0.1) is 24.0 Å². The minimum Gasteiger partial charge on any atom is -0.466 e. The second-order valence-corrected chi connectivity index (χ2v) is 12.5. The van der Waals surface area contributed by atoms with Gasteiger partial charge in [-0.3, -0.25) is 14.9 Å². The van der Waals surface area contributed by atoms with Gasteiger partial charge >= 0.3 is 27.9 Å². The highest BCUT2D eigenvalue weighted by Crippen LogP contribution is 2.35. The number of carbonyl (C=O) groups excluding carboxylic acids is 1. The molecule has 47 heavy (non-hydrogen) atoms. The molecule has 2 heterocycles. The summed E-state index contributed by atoms with van der Waals surface area (Å²) >= 11 is 0. The Hall–Kier alpha value is -4.86. The lowest BCUT2D eigenvalue weighted by Crippen LogP contribution is -2.36. The number of benzene rings is 3. The van der Waals surface area contributed by atoms with E-state index in [0.717, 1.165) is 32.1 Å². The van der Waals surface area contributed by atoms with E-state index in [-0.39, 0.29) is 56.1 Å². The largest absolute Gasteiger partial charge is 0.466 e. The number of hydrogen-bond donors (Lipinski definition) is 1. The standard InChI is InChI=1S/C32H35N5O9S/c1-4-44-30(39)19-26(25-12-13-28-32(22(25)3)33-34-36(28)15-7-17-38)23-11-10-21(2)24(18-23)20-35-16-14-31(46-47(35,42)43)45-29-9-6-5-8-27(29)37(40)41/h5-6,8-14,18,26,38H,4,7,15-17,19-20H2,1-3H3. The van der Waals surface area contributed by atoms with Crippen molar-refractivity contribution in [3.05, 3.63) is 105 Å². The van der Waals surface area contributed by atoms with E-state index in [1.807, 2.05) is 44.2 Å². The number of aliphatic hydroxyl groups excluding tert-OH is 1. The first-order valence-corrected chi connectivity index (χ1v) is 16.4. The quantitative estimate of drug-likeness (QED) is 0.122. The maximum atomic E-state index is 13.2. The minimum absolute atomic E-state index is 0.0321. The first-order valence-electron chi connectivity index (χ1n) is 15.0. The summed E-state index contributed by atoms with van der Waals surface area (Å²) in [6, 6.07) is 15.1. The van der Waals surface area contributed by atoms with Crippen molar-refractivity contribution < 1.29 is 36.9 Å². The van der Waals surface area contributed by atoms with Crippen molar-refractivity contribution in [1.29, 1.82) is 0 Å². The lowest BCUT2D eigenvalue weighted by atomic mass is 9.84. The van der Waals surface area contributed by atoms with E-state index in [0.29, 0.717) is 24.0 Å². The smallest absolute Gasteiger partial charge is 0.388 e. The van der Waals surface area contributed by atoms with Crippen LogP contribution >= 0.6 is 0 Å². The summed E-state index contributed by atoms with van der Waals surface area (Å²) in [5, 5.41) is 29.2. The molecule has 14 nitrogen and oxygen atoms in total. The van der Waals surface area contributed by atoms with E-state index in [2.05, 4.69) is 10.3 Å². The molecular weight excluding hydrogens is 630 g/mol. The number of aromatic nitrogens is 3. The minimum atomic E-state index is -4.33. The van der Waals surface area contributed by atoms with E-state index < -0.39 is 21.1 Å². The van der Waals surface area contributed by atoms with E-state index in [4.69, 9.17) is 13.7 Å². The van der Waals surface area contributed by atoms with Gasteiger partial charge in [0.25, 0.3) is 0 Å². The fourth-order valence-corrected chi connectivity index (χ4v) is 6.44. The number of nitrogens with zero attached hydrogens (tertiary/aromatic N) is 5. The Balaban J connectivity index is 1.44. The topological polar surface area (TPSA) is 176 Å². The monoisotopic (exact) mass is 665 g/mol. The van der Waals surface area contributed by atoms with Gasteiger partial charge in [-0.05, 0) is 67.1 Å². The molecule has 0 aliphatic carbocycles. The predicted molar refractivity (Wildman–Crippen MR) is 170 cm³/mol. The number of ether oxygens (including phenoxy) is 2. The summed E-state index contributed by atoms with van der Waals surface area (Å²) in [6.07, 6.45) is 1.97. The van der Waals surface area contributed by atoms with Gasteiger partial charge in [0, 0.05) is 44.3 Å². The number of nitro groups is 1. The highest BCUT2D eigenvalue weighted by Gasteiger charge is 2.32. The molecule has 1 N–H and O–H groups in total. The predicted octanol–water partition coefficient (Wildman–Crippen LogP) is 4.42. The summed E-state index contributed by atoms with van der Waals surface area (Å²) in [6.45, 7) is 6.15. The number of para-hydroxylation sites is 2. The van der Waals surface area contributed by atoms with Crippen molar-refractivity contribution >= 4 is 33.0 Å². The van der Waals surface area contributed by atoms with Gasteiger partial charge in [-0.1, -0.05) is 41.6 Å². The number of esters is 1. The van der Waals surface area contributed by atoms with Crippen molar-refractivity contribution in [2.45, 2.75) is 52.6 Å². The molecule has 15 heteroatoms. The summed E-state index contributed by atoms with van der Waals surface area (Å²) in [7, 11) is -4.33. The number of nitro benzene ring substituents is 1. The molecule has 1 atom stereocenters. The fraction of sp³-hybridized carbons (Fsp3) is 0.344. The Labute approximate surface area is 271 Å². The average Bonchev–Trinajstić information content (AvgIpc) is 3.45. The number of carbonyl (C=O) groups is 1. The Morgan fingerprint density at radius 1 is 1.17 bits per heavy atom. The molecule has 0 radical (unpaired) electrons. The molecule has 1 aliphatic rings. The van der Waals surface area contributed by atoms with E-state index in [9.17, 15) is 28.4 Å². The van der Waals surface area contributed by atoms with Gasteiger partial charge in [0.15, 0.2) is 0 Å². The van der Waals surface area contributed by atoms with Crippen molar-refractivity contribution in [1.82, 2.24) is 19.3 Å². The molecule has 5 rings (SSSR count). The molecule has 0 amide bonds. The highest BCUT2D eigenvalue weighted by molar-refractivity contribution is 7.84. The first kappa shape index (κ1) is 33.5. The molecule has 0 fully saturated rings. The van der Waals surface area contributed by atoms with Gasteiger partial charge in [0.05, 0.1) is 23.5 Å². The third-order valence-electron chi connectivity index (χ3n) is 7.92. The van der Waals surface area contributed by atoms with Crippen LogP contribution in [0.1, 0.15) is 53.5 Å². The summed E-state index contributed by atoms with van der Waals surface area (Å²) in [5.74, 6) is -1.34. The zero-order chi connectivity index (χ0) is 33.7. The van der Waals surface area contributed by atoms with Crippen LogP contribution < -0.4 is 4.74 Å². The number of rotatable bonds is 13. The SMILES string of the molecule is CCOC(=O)CC(c1ccc(C)c(CN2CC=C(Oc3ccccc3[N+](=O)[O-])OS2(=O)=O)c1)c1ccc2c(nnn2CCCO)c1C. The maximum absolute atomic E-state index is 13.2. The molecule has 0 bridgehead atoms. The Morgan fingerprint density at radius 2 is 1.96 bits per heavy atom. The second kappa shape index (κ2) is 14.3. The van der Waals surface area contributed by atoms with Crippen LogP contribution in [0.3, 0.4) is 0 Å². The molecule has 248 valence electrons. The summed E-state index contributed by atoms with van der Waals surface area (Å²) in [5.41, 5.74) is 5.15. The van der Waals surface area contributed by atoms with Crippen LogP contribution in [0.2, 0.25) is 0 Å². The van der Waals surface area contributed by atoms with Gasteiger partial charge < -0.3 is 18.8 Å². The Kier molecular flexibility index (Phi) is 10.2. The number of aliphatic hydroxyl groups is 1. The molecule has 1 aliphatic heterocycles. The van der Waals surface area contributed by atoms with Crippen LogP contribution in [0.4, 0.5) is 5.69 Å². The normalized spacial score (nSPS) is 15.1. The summed E-state index contributed by atoms with van der Waals surface area (Å²) < 4.78 is 45.1. The molecule has 1 aromatic heterocycles. The summed E-state index contributed by atoms with van der Waals surface area (Å²) in [4.78, 5) is 23.5. The molecular formula is C32H35N5O9S. The Bertz CT molecular complexity index is 1940. The van der Waals surface area contributed by atoms with Gasteiger partial charge in [-0.15, -0.1) is 5.10 Å². The Morgan fingerprint density at radius 3 is 2.68 bits per heavy atom. The van der Waals surface area contributed by atoms with Crippen LogP contribution in [-0.2, 0) is 37.1 Å². The lowest BCUT2D eigenvalue weighted by Gasteiger charge is -2.26. The van der Waals surface area contributed by atoms with Crippen LogP contribution in [0.25, 0.3) is 11.0 Å². The molecule has 0 saturated heterocycles. The molecule has 3 aromatic carbocycles. The maximum Gasteiger partial charge on any atom is 0.388 e. The van der Waals surface area contributed by atoms with Gasteiger partial charge in [0.1, 0.15) is 5.52 Å². The van der Waals surface area contributed by atoms with Crippen LogP contribution in [0.5, 0.6) is 5.75 Å². The van der Waals surface area contributed by atoms with Crippen LogP contribution in [0.15, 0.2) is 66.6 Å². The zero-order valence-electron chi connectivity index (χ0n) is 26.2. The molecule has 0 spiro atoms. The first-order chi connectivity index (χ1) is 22.5. The zero-order valence-corrected chi connectivity index (χ0v) is 27.0. The third-order valence-corrected chi connectivity index (χ3v) is 9.21. The van der Waals surface area contributed by atoms with E-state index >= 15 is 0 Å². The second-order valence-electron chi connectivity index (χ2n) is 11.0. The van der Waals surface area contributed by atoms with Gasteiger partial charge in [0.2, 0.25) is 5.75 Å². The molecule has 4 aromatic rings. The average molecular weight is 666 g/mol. The van der Waals surface area contributed by atoms with Crippen molar-refractivity contribution in [3.8, 4) is 5.75 Å². The van der Waals surface area contributed by atoms with Crippen LogP contribution in [-0.4, -0.2) is 63.5 Å². The fourth-order valence-electron chi connectivity index (χ4n) is 5.47. The third kappa shape index (κ3) is 7.42. The van der Waals surface area contributed by atoms with E-state index in [1.165, 1.54) is 30.3 Å². The van der Waals surface area contributed by atoms with Crippen molar-refractivity contribution in [2.75, 3.05) is 19.8 Å². The van der Waals surface area contributed by atoms with Gasteiger partial charge in [-0.25, -0.2) is 4.68 Å². The lowest BCUT2D eigenvalue weighted by molar-refractivity contribution is -0.385. The number of aryl methyl sites for hydroxylation is 3. The molecule has 1 unspecified atom stereocenters. The number of fused-ring (bicyclic) bond motifs is 1. The molecule has 0 saturated carbocycles. The van der Waals surface area contributed by atoms with E-state index in [1.54, 1.807) is 11.6 Å².